The summed E-state index contributed by atoms with van der Waals surface area (Å²) in [6.45, 7) is 6.86. The van der Waals surface area contributed by atoms with E-state index in [1.165, 1.54) is 12.1 Å². The van der Waals surface area contributed by atoms with E-state index < -0.39 is 4.92 Å². The molecule has 1 aliphatic heterocycles. The van der Waals surface area contributed by atoms with E-state index in [2.05, 4.69) is 10.2 Å². The molecule has 7 nitrogen and oxygen atoms in total. The minimum Gasteiger partial charge on any atom is -0.379 e. The van der Waals surface area contributed by atoms with Crippen molar-refractivity contribution in [2.24, 2.45) is 0 Å². The van der Waals surface area contributed by atoms with E-state index in [1.54, 1.807) is 19.1 Å². The van der Waals surface area contributed by atoms with Crippen LogP contribution in [0.25, 0.3) is 0 Å². The lowest BCUT2D eigenvalue weighted by atomic mass is 10.00. The molecule has 0 bridgehead atoms. The van der Waals surface area contributed by atoms with Crippen molar-refractivity contribution >= 4 is 11.6 Å². The number of carbonyl (C=O) groups is 1. The van der Waals surface area contributed by atoms with Crippen LogP contribution in [0.4, 0.5) is 5.69 Å². The van der Waals surface area contributed by atoms with Gasteiger partial charge in [0, 0.05) is 31.8 Å². The molecular weight excluding hydrogens is 298 g/mol. The van der Waals surface area contributed by atoms with Gasteiger partial charge < -0.3 is 10.1 Å². The average Bonchev–Trinajstić information content (AvgIpc) is 2.59. The van der Waals surface area contributed by atoms with Crippen LogP contribution in [-0.2, 0) is 9.53 Å². The van der Waals surface area contributed by atoms with E-state index in [-0.39, 0.29) is 17.5 Å². The van der Waals surface area contributed by atoms with Gasteiger partial charge in [-0.1, -0.05) is 12.1 Å². The molecule has 0 aliphatic carbocycles. The van der Waals surface area contributed by atoms with Gasteiger partial charge >= 0.3 is 0 Å². The SMILES string of the molecule is CC(C(=O)NCCCN1CCOCC1)c1ccc([N+](=O)[O-])cc1. The van der Waals surface area contributed by atoms with Crippen molar-refractivity contribution in [3.63, 3.8) is 0 Å². The van der Waals surface area contributed by atoms with Gasteiger partial charge in [0.15, 0.2) is 0 Å². The van der Waals surface area contributed by atoms with E-state index in [4.69, 9.17) is 4.74 Å². The lowest BCUT2D eigenvalue weighted by Crippen LogP contribution is -2.38. The van der Waals surface area contributed by atoms with E-state index in [0.717, 1.165) is 44.8 Å². The number of rotatable bonds is 7. The van der Waals surface area contributed by atoms with Crippen LogP contribution < -0.4 is 5.32 Å². The third-order valence-corrected chi connectivity index (χ3v) is 4.05. The van der Waals surface area contributed by atoms with Gasteiger partial charge in [0.2, 0.25) is 5.91 Å². The Morgan fingerprint density at radius 1 is 1.35 bits per heavy atom. The summed E-state index contributed by atoms with van der Waals surface area (Å²) in [7, 11) is 0. The highest BCUT2D eigenvalue weighted by Gasteiger charge is 2.16. The van der Waals surface area contributed by atoms with Gasteiger partial charge in [-0.25, -0.2) is 0 Å². The maximum atomic E-state index is 12.1. The van der Waals surface area contributed by atoms with Crippen LogP contribution >= 0.6 is 0 Å². The number of nitrogens with zero attached hydrogens (tertiary/aromatic N) is 2. The number of hydrogen-bond donors (Lipinski definition) is 1. The second kappa shape index (κ2) is 8.59. The number of carbonyl (C=O) groups excluding carboxylic acids is 1. The largest absolute Gasteiger partial charge is 0.379 e. The summed E-state index contributed by atoms with van der Waals surface area (Å²) >= 11 is 0. The summed E-state index contributed by atoms with van der Waals surface area (Å²) in [4.78, 5) is 24.7. The fraction of sp³-hybridized carbons (Fsp3) is 0.562. The minimum absolute atomic E-state index is 0.0341. The zero-order valence-electron chi connectivity index (χ0n) is 13.4. The smallest absolute Gasteiger partial charge is 0.269 e. The van der Waals surface area contributed by atoms with E-state index >= 15 is 0 Å². The highest BCUT2D eigenvalue weighted by molar-refractivity contribution is 5.83. The van der Waals surface area contributed by atoms with E-state index in [0.29, 0.717) is 6.54 Å². The fourth-order valence-corrected chi connectivity index (χ4v) is 2.53. The van der Waals surface area contributed by atoms with Crippen molar-refractivity contribution in [1.82, 2.24) is 10.2 Å². The standard InChI is InChI=1S/C16H23N3O4/c1-13(14-3-5-15(6-4-14)19(21)22)16(20)17-7-2-8-18-9-11-23-12-10-18/h3-6,13H,2,7-12H2,1H3,(H,17,20). The molecule has 1 aromatic carbocycles. The highest BCUT2D eigenvalue weighted by Crippen LogP contribution is 2.19. The second-order valence-corrected chi connectivity index (χ2v) is 5.67. The van der Waals surface area contributed by atoms with Crippen LogP contribution in [0.5, 0.6) is 0 Å². The van der Waals surface area contributed by atoms with Crippen LogP contribution in [0, 0.1) is 10.1 Å². The molecule has 7 heteroatoms. The molecule has 126 valence electrons. The van der Waals surface area contributed by atoms with Crippen molar-refractivity contribution in [1.29, 1.82) is 0 Å². The molecule has 1 aliphatic rings. The van der Waals surface area contributed by atoms with Crippen molar-refractivity contribution < 1.29 is 14.5 Å². The van der Waals surface area contributed by atoms with Crippen molar-refractivity contribution in [2.75, 3.05) is 39.4 Å². The van der Waals surface area contributed by atoms with E-state index in [1.807, 2.05) is 0 Å². The number of nitro groups is 1. The third-order valence-electron chi connectivity index (χ3n) is 4.05. The molecule has 0 radical (unpaired) electrons. The summed E-state index contributed by atoms with van der Waals surface area (Å²) in [6, 6.07) is 6.13. The maximum Gasteiger partial charge on any atom is 0.269 e. The molecular formula is C16H23N3O4. The maximum absolute atomic E-state index is 12.1. The number of nitro benzene ring substituents is 1. The second-order valence-electron chi connectivity index (χ2n) is 5.67. The Kier molecular flexibility index (Phi) is 6.49. The molecule has 1 N–H and O–H groups in total. The van der Waals surface area contributed by atoms with Crippen molar-refractivity contribution in [3.05, 3.63) is 39.9 Å². The number of non-ortho nitro benzene ring substituents is 1. The first-order valence-corrected chi connectivity index (χ1v) is 7.90. The lowest BCUT2D eigenvalue weighted by molar-refractivity contribution is -0.384. The zero-order valence-corrected chi connectivity index (χ0v) is 13.4. The number of ether oxygens (including phenoxy) is 1. The number of nitrogens with one attached hydrogen (secondary N) is 1. The van der Waals surface area contributed by atoms with E-state index in [9.17, 15) is 14.9 Å². The first-order chi connectivity index (χ1) is 11.1. The lowest BCUT2D eigenvalue weighted by Gasteiger charge is -2.26. The number of amides is 1. The van der Waals surface area contributed by atoms with Crippen LogP contribution in [-0.4, -0.2) is 55.1 Å². The van der Waals surface area contributed by atoms with Gasteiger partial charge in [-0.15, -0.1) is 0 Å². The first-order valence-electron chi connectivity index (χ1n) is 7.90. The van der Waals surface area contributed by atoms with Crippen LogP contribution in [0.3, 0.4) is 0 Å². The van der Waals surface area contributed by atoms with Gasteiger partial charge in [-0.3, -0.25) is 19.8 Å². The molecule has 1 aromatic rings. The Hall–Kier alpha value is -1.99. The topological polar surface area (TPSA) is 84.7 Å². The Labute approximate surface area is 135 Å². The molecule has 1 heterocycles. The fourth-order valence-electron chi connectivity index (χ4n) is 2.53. The zero-order chi connectivity index (χ0) is 16.7. The summed E-state index contributed by atoms with van der Waals surface area (Å²) in [6.07, 6.45) is 0.902. The molecule has 1 amide bonds. The molecule has 1 fully saturated rings. The monoisotopic (exact) mass is 321 g/mol. The Morgan fingerprint density at radius 3 is 2.61 bits per heavy atom. The molecule has 1 atom stereocenters. The predicted octanol–water partition coefficient (Wildman–Crippen LogP) is 1.54. The minimum atomic E-state index is -0.444. The third kappa shape index (κ3) is 5.30. The molecule has 23 heavy (non-hydrogen) atoms. The van der Waals surface area contributed by atoms with Gasteiger partial charge in [0.05, 0.1) is 24.1 Å². The van der Waals surface area contributed by atoms with Crippen LogP contribution in [0.2, 0.25) is 0 Å². The summed E-state index contributed by atoms with van der Waals surface area (Å²) in [5.74, 6) is -0.375. The van der Waals surface area contributed by atoms with Crippen LogP contribution in [0.15, 0.2) is 24.3 Å². The number of hydrogen-bond acceptors (Lipinski definition) is 5. The number of benzene rings is 1. The quantitative estimate of drug-likeness (QED) is 0.468. The van der Waals surface area contributed by atoms with Gasteiger partial charge in [-0.05, 0) is 25.5 Å². The highest BCUT2D eigenvalue weighted by atomic mass is 16.6. The van der Waals surface area contributed by atoms with Gasteiger partial charge in [-0.2, -0.15) is 0 Å². The molecule has 0 spiro atoms. The van der Waals surface area contributed by atoms with Gasteiger partial charge in [0.1, 0.15) is 0 Å². The Bertz CT molecular complexity index is 527. The van der Waals surface area contributed by atoms with Gasteiger partial charge in [0.25, 0.3) is 5.69 Å². The average molecular weight is 321 g/mol. The van der Waals surface area contributed by atoms with Crippen molar-refractivity contribution in [2.45, 2.75) is 19.3 Å². The summed E-state index contributed by atoms with van der Waals surface area (Å²) in [5, 5.41) is 13.6. The number of morpholine rings is 1. The summed E-state index contributed by atoms with van der Waals surface area (Å²) < 4.78 is 5.29. The molecule has 0 aromatic heterocycles. The first kappa shape index (κ1) is 17.4. The molecule has 2 rings (SSSR count). The van der Waals surface area contributed by atoms with Crippen LogP contribution in [0.1, 0.15) is 24.8 Å². The normalized spacial score (nSPS) is 16.7. The summed E-state index contributed by atoms with van der Waals surface area (Å²) in [5.41, 5.74) is 0.813. The molecule has 0 saturated carbocycles. The molecule has 1 saturated heterocycles. The molecule has 1 unspecified atom stereocenters. The Morgan fingerprint density at radius 2 is 2.00 bits per heavy atom. The van der Waals surface area contributed by atoms with Crippen molar-refractivity contribution in [3.8, 4) is 0 Å². The predicted molar refractivity (Wildman–Crippen MR) is 86.4 cm³/mol. The Balaban J connectivity index is 1.72.